The highest BCUT2D eigenvalue weighted by atomic mass is 32.1. The molecule has 3 atom stereocenters. The van der Waals surface area contributed by atoms with Crippen LogP contribution in [0.5, 0.6) is 5.75 Å². The van der Waals surface area contributed by atoms with Crippen LogP contribution in [0.25, 0.3) is 10.1 Å². The number of amides is 2. The normalized spacial score (nSPS) is 19.3. The molecule has 1 aliphatic carbocycles. The number of nitrogens with one attached hydrogen (secondary N) is 2. The summed E-state index contributed by atoms with van der Waals surface area (Å²) in [7, 11) is 1.32. The first-order valence-corrected chi connectivity index (χ1v) is 14.8. The van der Waals surface area contributed by atoms with Gasteiger partial charge in [-0.3, -0.25) is 9.59 Å². The molecule has 3 aromatic carbocycles. The Balaban J connectivity index is 1.38. The van der Waals surface area contributed by atoms with Gasteiger partial charge in [0.1, 0.15) is 22.5 Å². The highest BCUT2D eigenvalue weighted by molar-refractivity contribution is 7.21. The van der Waals surface area contributed by atoms with Crippen molar-refractivity contribution in [2.24, 2.45) is 16.8 Å². The van der Waals surface area contributed by atoms with E-state index in [9.17, 15) is 40.3 Å². The van der Waals surface area contributed by atoms with Gasteiger partial charge in [-0.1, -0.05) is 11.2 Å². The van der Waals surface area contributed by atoms with Crippen LogP contribution in [-0.4, -0.2) is 36.8 Å². The number of thiophene rings is 1. The summed E-state index contributed by atoms with van der Waals surface area (Å²) in [5.74, 6) is -3.41. The van der Waals surface area contributed by atoms with Crippen molar-refractivity contribution in [3.8, 4) is 5.75 Å². The zero-order valence-corrected chi connectivity index (χ0v) is 24.9. The lowest BCUT2D eigenvalue weighted by Crippen LogP contribution is -2.20. The van der Waals surface area contributed by atoms with Gasteiger partial charge in [0.05, 0.1) is 35.2 Å². The Kier molecular flexibility index (Phi) is 8.12. The lowest BCUT2D eigenvalue weighted by atomic mass is 9.93. The zero-order chi connectivity index (χ0) is 33.8. The van der Waals surface area contributed by atoms with E-state index < -0.39 is 46.8 Å². The maximum absolute atomic E-state index is 13.8. The van der Waals surface area contributed by atoms with E-state index in [0.717, 1.165) is 24.3 Å². The van der Waals surface area contributed by atoms with E-state index in [1.807, 2.05) is 0 Å². The third-order valence-corrected chi connectivity index (χ3v) is 9.06. The second-order valence-corrected chi connectivity index (χ2v) is 12.0. The largest absolute Gasteiger partial charge is 0.496 e. The van der Waals surface area contributed by atoms with E-state index >= 15 is 0 Å². The number of alkyl halides is 6. The minimum atomic E-state index is -5.07. The average molecular weight is 681 g/mol. The predicted octanol–water partition coefficient (Wildman–Crippen LogP) is 7.43. The molecule has 1 fully saturated rings. The molecule has 0 saturated heterocycles. The number of carbonyl (C=O) groups excluding carboxylic acids is 2. The molecule has 47 heavy (non-hydrogen) atoms. The highest BCUT2D eigenvalue weighted by Gasteiger charge is 2.42. The van der Waals surface area contributed by atoms with Gasteiger partial charge in [-0.15, -0.1) is 11.3 Å². The summed E-state index contributed by atoms with van der Waals surface area (Å²) in [6.45, 7) is 0. The number of methoxy groups -OCH3 is 1. The quantitative estimate of drug-likeness (QED) is 0.183. The first kappa shape index (κ1) is 32.2. The monoisotopic (exact) mass is 680 g/mol. The number of oxime groups is 1. The molecule has 3 unspecified atom stereocenters. The second-order valence-electron chi connectivity index (χ2n) is 11.0. The van der Waals surface area contributed by atoms with Gasteiger partial charge in [0.15, 0.2) is 0 Å². The molecule has 0 radical (unpaired) electrons. The number of hydrogen-bond donors (Lipinski definition) is 3. The molecule has 6 rings (SSSR count). The van der Waals surface area contributed by atoms with E-state index in [1.165, 1.54) is 19.2 Å². The average Bonchev–Trinajstić information content (AvgIpc) is 3.68. The first-order chi connectivity index (χ1) is 22.1. The Hall–Kier alpha value is -4.70. The maximum Gasteiger partial charge on any atom is 0.419 e. The van der Waals surface area contributed by atoms with Gasteiger partial charge in [-0.05, 0) is 55.0 Å². The van der Waals surface area contributed by atoms with Crippen LogP contribution in [0.1, 0.15) is 49.6 Å². The van der Waals surface area contributed by atoms with Gasteiger partial charge >= 0.3 is 12.4 Å². The van der Waals surface area contributed by atoms with Crippen molar-refractivity contribution in [1.29, 1.82) is 0 Å². The lowest BCUT2D eigenvalue weighted by molar-refractivity contribution is -0.140. The van der Waals surface area contributed by atoms with Crippen LogP contribution < -0.4 is 21.1 Å². The number of ether oxygens (including phenoxy) is 1. The van der Waals surface area contributed by atoms with Crippen LogP contribution in [0.2, 0.25) is 0 Å². The van der Waals surface area contributed by atoms with E-state index in [-0.39, 0.29) is 50.0 Å². The van der Waals surface area contributed by atoms with E-state index in [0.29, 0.717) is 47.6 Å². The number of rotatable bonds is 6. The molecule has 0 bridgehead atoms. The number of carbonyl (C=O) groups is 2. The zero-order valence-electron chi connectivity index (χ0n) is 24.1. The fraction of sp³-hybridized carbons (Fsp3) is 0.258. The molecule has 246 valence electrons. The van der Waals surface area contributed by atoms with Crippen molar-refractivity contribution in [2.45, 2.75) is 37.3 Å². The third kappa shape index (κ3) is 6.22. The number of nitrogens with zero attached hydrogens (tertiary/aromatic N) is 1. The van der Waals surface area contributed by atoms with E-state index in [1.54, 1.807) is 6.07 Å². The number of anilines is 2. The van der Waals surface area contributed by atoms with Gasteiger partial charge in [-0.25, -0.2) is 4.39 Å². The number of hydrogen-bond acceptors (Lipinski definition) is 7. The van der Waals surface area contributed by atoms with Crippen molar-refractivity contribution < 1.29 is 49.9 Å². The van der Waals surface area contributed by atoms with Crippen LogP contribution in [0.3, 0.4) is 0 Å². The number of halogens is 7. The standard InChI is InChI=1S/C31H23F7N4O4S/c1-45-22-7-2-13(25-18-10-15(39)11-23(18)46-42-25)8-19(22)28(43)41-26-17-5-3-14(30(33,34)35)9-24(17)47-27(26)29(44)40-16-4-6-21(32)20(12-16)31(36,37)38/h2-9,12,15,18,23H,10-11,39H2,1H3,(H,40,44)(H,41,43). The summed E-state index contributed by atoms with van der Waals surface area (Å²) < 4.78 is 99.6. The molecule has 1 aromatic heterocycles. The lowest BCUT2D eigenvalue weighted by Gasteiger charge is -2.14. The van der Waals surface area contributed by atoms with Crippen LogP contribution in [0, 0.1) is 11.7 Å². The molecule has 1 saturated carbocycles. The molecule has 2 aliphatic rings. The maximum atomic E-state index is 13.8. The smallest absolute Gasteiger partial charge is 0.419 e. The number of fused-ring (bicyclic) bond motifs is 2. The molecule has 8 nitrogen and oxygen atoms in total. The van der Waals surface area contributed by atoms with Crippen molar-refractivity contribution in [1.82, 2.24) is 0 Å². The number of benzene rings is 3. The van der Waals surface area contributed by atoms with Crippen molar-refractivity contribution in [2.75, 3.05) is 17.7 Å². The van der Waals surface area contributed by atoms with Crippen LogP contribution in [0.15, 0.2) is 59.8 Å². The van der Waals surface area contributed by atoms with E-state index in [4.69, 9.17) is 15.3 Å². The Bertz CT molecular complexity index is 1940. The summed E-state index contributed by atoms with van der Waals surface area (Å²) in [4.78, 5) is 32.4. The second kappa shape index (κ2) is 11.8. The fourth-order valence-electron chi connectivity index (χ4n) is 5.69. The minimum absolute atomic E-state index is 0.00980. The summed E-state index contributed by atoms with van der Waals surface area (Å²) in [6, 6.07) is 9.03. The third-order valence-electron chi connectivity index (χ3n) is 7.91. The molecular formula is C31H23F7N4O4S. The Morgan fingerprint density at radius 2 is 1.72 bits per heavy atom. The van der Waals surface area contributed by atoms with Crippen molar-refractivity contribution in [3.05, 3.63) is 87.5 Å². The molecular weight excluding hydrogens is 657 g/mol. The number of nitrogens with two attached hydrogens (primary N) is 1. The van der Waals surface area contributed by atoms with Gasteiger partial charge in [0, 0.05) is 39.7 Å². The highest BCUT2D eigenvalue weighted by Crippen LogP contribution is 2.42. The molecule has 2 heterocycles. The molecule has 1 aliphatic heterocycles. The molecule has 4 aromatic rings. The Labute approximate surface area is 265 Å². The van der Waals surface area contributed by atoms with Crippen molar-refractivity contribution >= 4 is 50.3 Å². The Morgan fingerprint density at radius 3 is 2.43 bits per heavy atom. The topological polar surface area (TPSA) is 115 Å². The Morgan fingerprint density at radius 1 is 0.957 bits per heavy atom. The van der Waals surface area contributed by atoms with Gasteiger partial charge in [0.2, 0.25) is 0 Å². The van der Waals surface area contributed by atoms with Crippen LogP contribution in [-0.2, 0) is 17.2 Å². The summed E-state index contributed by atoms with van der Waals surface area (Å²) in [6.07, 6.45) is -8.76. The minimum Gasteiger partial charge on any atom is -0.496 e. The van der Waals surface area contributed by atoms with E-state index in [2.05, 4.69) is 15.8 Å². The molecule has 4 N–H and O–H groups in total. The summed E-state index contributed by atoms with van der Waals surface area (Å²) in [5.41, 5.74) is 3.90. The van der Waals surface area contributed by atoms with Gasteiger partial charge < -0.3 is 25.9 Å². The van der Waals surface area contributed by atoms with Crippen molar-refractivity contribution in [3.63, 3.8) is 0 Å². The first-order valence-electron chi connectivity index (χ1n) is 13.9. The van der Waals surface area contributed by atoms with Gasteiger partial charge in [-0.2, -0.15) is 26.3 Å². The van der Waals surface area contributed by atoms with Crippen LogP contribution in [0.4, 0.5) is 42.1 Å². The SMILES string of the molecule is COc1ccc(C2=NOC3CC(N)CC23)cc1C(=O)Nc1c(C(=O)Nc2ccc(F)c(C(F)(F)F)c2)sc2cc(C(F)(F)F)ccc12. The fourth-order valence-corrected chi connectivity index (χ4v) is 6.78. The van der Waals surface area contributed by atoms with Gasteiger partial charge in [0.25, 0.3) is 11.8 Å². The predicted molar refractivity (Wildman–Crippen MR) is 159 cm³/mol. The molecule has 0 spiro atoms. The molecule has 16 heteroatoms. The summed E-state index contributed by atoms with van der Waals surface area (Å²) in [5, 5.41) is 9.04. The van der Waals surface area contributed by atoms with Crippen LogP contribution >= 0.6 is 11.3 Å². The molecule has 2 amide bonds. The summed E-state index contributed by atoms with van der Waals surface area (Å²) >= 11 is 0.574.